The molecule has 0 fully saturated rings. The van der Waals surface area contributed by atoms with Gasteiger partial charge in [-0.15, -0.1) is 0 Å². The number of amides is 1. The summed E-state index contributed by atoms with van der Waals surface area (Å²) in [7, 11) is 0. The fourth-order valence-electron chi connectivity index (χ4n) is 4.77. The molecule has 0 unspecified atom stereocenters. The van der Waals surface area contributed by atoms with E-state index in [1.807, 2.05) is 37.3 Å². The molecule has 0 bridgehead atoms. The van der Waals surface area contributed by atoms with Crippen molar-refractivity contribution in [2.75, 3.05) is 18.1 Å². The minimum absolute atomic E-state index is 0.133. The molecule has 0 atom stereocenters. The number of Topliss-reactive ketones (excluding diaryl/α,β-unsaturated/α-hetero) is 1. The first-order valence-corrected chi connectivity index (χ1v) is 13.1. The second kappa shape index (κ2) is 10.8. The van der Waals surface area contributed by atoms with E-state index >= 15 is 0 Å². The number of benzene rings is 4. The van der Waals surface area contributed by atoms with Crippen molar-refractivity contribution in [3.05, 3.63) is 126 Å². The van der Waals surface area contributed by atoms with Gasteiger partial charge in [-0.3, -0.25) is 14.5 Å². The van der Waals surface area contributed by atoms with E-state index in [-0.39, 0.29) is 36.5 Å². The summed E-state index contributed by atoms with van der Waals surface area (Å²) in [6, 6.07) is 28.5. The Morgan fingerprint density at radius 1 is 0.756 bits per heavy atom. The number of hydrogen-bond acceptors (Lipinski definition) is 4. The Hall–Kier alpha value is -5.17. The van der Waals surface area contributed by atoms with Crippen molar-refractivity contribution in [3.8, 4) is 39.4 Å². The van der Waals surface area contributed by atoms with Crippen LogP contribution in [0, 0.1) is 18.6 Å². The van der Waals surface area contributed by atoms with E-state index in [1.165, 1.54) is 29.2 Å². The summed E-state index contributed by atoms with van der Waals surface area (Å²) < 4.78 is 33.0. The van der Waals surface area contributed by atoms with Gasteiger partial charge in [0, 0.05) is 16.7 Å². The number of ether oxygens (including phenoxy) is 1. The van der Waals surface area contributed by atoms with Crippen LogP contribution in [-0.4, -0.2) is 29.8 Å². The van der Waals surface area contributed by atoms with E-state index in [0.717, 1.165) is 16.7 Å². The summed E-state index contributed by atoms with van der Waals surface area (Å²) in [6.07, 6.45) is 0. The molecule has 1 aliphatic heterocycles. The average molecular weight is 547 g/mol. The van der Waals surface area contributed by atoms with Gasteiger partial charge in [-0.25, -0.2) is 13.8 Å². The van der Waals surface area contributed by atoms with Crippen LogP contribution in [0.5, 0.6) is 5.75 Å². The van der Waals surface area contributed by atoms with Gasteiger partial charge in [-0.2, -0.15) is 0 Å². The van der Waals surface area contributed by atoms with Crippen molar-refractivity contribution in [2.24, 2.45) is 0 Å². The highest BCUT2D eigenvalue weighted by Gasteiger charge is 2.28. The fourth-order valence-corrected chi connectivity index (χ4v) is 4.77. The fraction of sp³-hybridized carbons (Fsp3) is 0.0882. The van der Waals surface area contributed by atoms with Crippen molar-refractivity contribution >= 4 is 17.4 Å². The second-order valence-electron chi connectivity index (χ2n) is 9.88. The van der Waals surface area contributed by atoms with E-state index in [9.17, 15) is 18.4 Å². The number of aromatic nitrogens is 1. The smallest absolute Gasteiger partial charge is 0.265 e. The maximum atomic E-state index is 13.7. The van der Waals surface area contributed by atoms with E-state index in [2.05, 4.69) is 0 Å². The molecule has 202 valence electrons. The normalized spacial score (nSPS) is 12.6. The molecular formula is C34H24F2N2O3. The van der Waals surface area contributed by atoms with Crippen molar-refractivity contribution in [2.45, 2.75) is 6.92 Å². The molecule has 5 aromatic rings. The molecular weight excluding hydrogens is 522 g/mol. The third-order valence-electron chi connectivity index (χ3n) is 7.02. The average Bonchev–Trinajstić information content (AvgIpc) is 2.99. The van der Waals surface area contributed by atoms with E-state index in [0.29, 0.717) is 39.5 Å². The Balaban J connectivity index is 1.42. The molecule has 41 heavy (non-hydrogen) atoms. The van der Waals surface area contributed by atoms with Crippen LogP contribution in [0.1, 0.15) is 15.9 Å². The molecule has 0 N–H and O–H groups in total. The monoisotopic (exact) mass is 546 g/mol. The molecule has 0 saturated heterocycles. The highest BCUT2D eigenvalue weighted by Crippen LogP contribution is 2.37. The zero-order valence-electron chi connectivity index (χ0n) is 22.1. The number of fused-ring (bicyclic) bond motifs is 1. The van der Waals surface area contributed by atoms with Crippen LogP contribution in [0.4, 0.5) is 14.5 Å². The van der Waals surface area contributed by atoms with Crippen LogP contribution in [-0.2, 0) is 4.79 Å². The maximum absolute atomic E-state index is 13.7. The third kappa shape index (κ3) is 5.47. The SMILES string of the molecule is Cc1ccc(C(=O)CN2C(=O)COc3ccc(-c4cc(-c5ccc(F)cc5)cc(-c5ccc(F)cc5)n4)cc32)cc1. The highest BCUT2D eigenvalue weighted by molar-refractivity contribution is 6.07. The number of halogens is 2. The summed E-state index contributed by atoms with van der Waals surface area (Å²) >= 11 is 0. The second-order valence-corrected chi connectivity index (χ2v) is 9.88. The van der Waals surface area contributed by atoms with E-state index < -0.39 is 0 Å². The first-order valence-electron chi connectivity index (χ1n) is 13.1. The van der Waals surface area contributed by atoms with Crippen LogP contribution in [0.2, 0.25) is 0 Å². The first-order chi connectivity index (χ1) is 19.8. The lowest BCUT2D eigenvalue weighted by atomic mass is 9.99. The Bertz CT molecular complexity index is 1700. The standard InChI is InChI=1S/C34H24F2N2O3/c1-21-2-4-24(5-3-21)32(39)19-38-31-18-25(10-15-33(31)41-20-34(38)40)30-17-26(22-6-11-27(35)12-7-22)16-29(37-30)23-8-13-28(36)14-9-23/h2-18H,19-20H2,1H3. The van der Waals surface area contributed by atoms with Gasteiger partial charge in [0.15, 0.2) is 12.4 Å². The minimum atomic E-state index is -0.358. The molecule has 1 aliphatic rings. The number of carbonyl (C=O) groups excluding carboxylic acids is 2. The summed E-state index contributed by atoms with van der Waals surface area (Å²) in [5, 5.41) is 0. The zero-order valence-corrected chi connectivity index (χ0v) is 22.1. The number of aryl methyl sites for hydroxylation is 1. The molecule has 0 radical (unpaired) electrons. The van der Waals surface area contributed by atoms with Gasteiger partial charge in [0.25, 0.3) is 5.91 Å². The lowest BCUT2D eigenvalue weighted by Crippen LogP contribution is -2.42. The minimum Gasteiger partial charge on any atom is -0.482 e. The number of pyridine rings is 1. The van der Waals surface area contributed by atoms with Crippen molar-refractivity contribution in [1.29, 1.82) is 0 Å². The Labute approximate surface area is 235 Å². The quantitative estimate of drug-likeness (QED) is 0.210. The van der Waals surface area contributed by atoms with Gasteiger partial charge in [0.05, 0.1) is 23.6 Å². The van der Waals surface area contributed by atoms with E-state index in [4.69, 9.17) is 9.72 Å². The predicted octanol–water partition coefficient (Wildman–Crippen LogP) is 7.28. The van der Waals surface area contributed by atoms with Crippen molar-refractivity contribution < 1.29 is 23.1 Å². The molecule has 0 spiro atoms. The molecule has 2 heterocycles. The number of ketones is 1. The Kier molecular flexibility index (Phi) is 6.85. The number of nitrogens with zero attached hydrogens (tertiary/aromatic N) is 2. The molecule has 0 aliphatic carbocycles. The molecule has 5 nitrogen and oxygen atoms in total. The van der Waals surface area contributed by atoms with Crippen LogP contribution in [0.15, 0.2) is 103 Å². The molecule has 1 aromatic heterocycles. The lowest BCUT2D eigenvalue weighted by molar-refractivity contribution is -0.121. The Morgan fingerprint density at radius 3 is 2.00 bits per heavy atom. The lowest BCUT2D eigenvalue weighted by Gasteiger charge is -2.29. The summed E-state index contributed by atoms with van der Waals surface area (Å²) in [5.41, 5.74) is 6.15. The number of rotatable bonds is 6. The van der Waals surface area contributed by atoms with E-state index in [1.54, 1.807) is 48.5 Å². The number of hydrogen-bond donors (Lipinski definition) is 0. The van der Waals surface area contributed by atoms with Crippen LogP contribution >= 0.6 is 0 Å². The van der Waals surface area contributed by atoms with Crippen LogP contribution < -0.4 is 9.64 Å². The number of carbonyl (C=O) groups is 2. The van der Waals surface area contributed by atoms with Crippen molar-refractivity contribution in [1.82, 2.24) is 4.98 Å². The highest BCUT2D eigenvalue weighted by atomic mass is 19.1. The predicted molar refractivity (Wildman–Crippen MR) is 154 cm³/mol. The van der Waals surface area contributed by atoms with Crippen LogP contribution in [0.25, 0.3) is 33.6 Å². The molecule has 4 aromatic carbocycles. The topological polar surface area (TPSA) is 59.5 Å². The molecule has 0 saturated carbocycles. The summed E-state index contributed by atoms with van der Waals surface area (Å²) in [6.45, 7) is 1.64. The molecule has 7 heteroatoms. The largest absolute Gasteiger partial charge is 0.482 e. The Morgan fingerprint density at radius 2 is 1.34 bits per heavy atom. The van der Waals surface area contributed by atoms with Gasteiger partial charge < -0.3 is 4.74 Å². The first kappa shape index (κ1) is 26.1. The number of anilines is 1. The van der Waals surface area contributed by atoms with Gasteiger partial charge in [0.2, 0.25) is 0 Å². The zero-order chi connectivity index (χ0) is 28.5. The van der Waals surface area contributed by atoms with Gasteiger partial charge in [-0.05, 0) is 84.8 Å². The van der Waals surface area contributed by atoms with Gasteiger partial charge in [-0.1, -0.05) is 42.0 Å². The van der Waals surface area contributed by atoms with Gasteiger partial charge >= 0.3 is 0 Å². The van der Waals surface area contributed by atoms with Gasteiger partial charge in [0.1, 0.15) is 17.4 Å². The third-order valence-corrected chi connectivity index (χ3v) is 7.02. The summed E-state index contributed by atoms with van der Waals surface area (Å²) in [5.74, 6) is -0.731. The summed E-state index contributed by atoms with van der Waals surface area (Å²) in [4.78, 5) is 32.3. The molecule has 6 rings (SSSR count). The maximum Gasteiger partial charge on any atom is 0.265 e. The molecule has 1 amide bonds. The van der Waals surface area contributed by atoms with Crippen LogP contribution in [0.3, 0.4) is 0 Å². The van der Waals surface area contributed by atoms with Crippen molar-refractivity contribution in [3.63, 3.8) is 0 Å².